The molecule has 1 aromatic rings. The van der Waals surface area contributed by atoms with Crippen LogP contribution in [0.3, 0.4) is 0 Å². The Morgan fingerprint density at radius 2 is 2.45 bits per heavy atom. The molecule has 0 aromatic carbocycles. The molecule has 1 saturated heterocycles. The molecular formula is C13H21ClN4O2. The summed E-state index contributed by atoms with van der Waals surface area (Å²) >= 11 is 6.25. The van der Waals surface area contributed by atoms with Crippen molar-refractivity contribution in [3.05, 3.63) is 21.6 Å². The van der Waals surface area contributed by atoms with E-state index in [9.17, 15) is 4.79 Å². The fourth-order valence-electron chi connectivity index (χ4n) is 2.52. The number of hydrogen-bond donors (Lipinski definition) is 1. The molecule has 0 bridgehead atoms. The van der Waals surface area contributed by atoms with Crippen LogP contribution in [-0.2, 0) is 11.3 Å². The first-order valence-electron chi connectivity index (χ1n) is 6.91. The number of aromatic nitrogens is 2. The third-order valence-electron chi connectivity index (χ3n) is 3.60. The average molecular weight is 301 g/mol. The molecule has 20 heavy (non-hydrogen) atoms. The topological polar surface area (TPSA) is 59.4 Å². The molecule has 0 saturated carbocycles. The van der Waals surface area contributed by atoms with Crippen LogP contribution >= 0.6 is 11.6 Å². The Labute approximate surface area is 123 Å². The minimum absolute atomic E-state index is 0.241. The fourth-order valence-corrected chi connectivity index (χ4v) is 2.78. The molecule has 1 fully saturated rings. The van der Waals surface area contributed by atoms with Crippen molar-refractivity contribution < 1.29 is 4.74 Å². The second-order valence-corrected chi connectivity index (χ2v) is 5.18. The Bertz CT molecular complexity index is 500. The summed E-state index contributed by atoms with van der Waals surface area (Å²) in [5.41, 5.74) is 0.465. The molecule has 1 N–H and O–H groups in total. The lowest BCUT2D eigenvalue weighted by atomic mass is 10.2. The number of ether oxygens (including phenoxy) is 1. The highest BCUT2D eigenvalue weighted by Crippen LogP contribution is 2.24. The van der Waals surface area contributed by atoms with Crippen molar-refractivity contribution in [2.45, 2.75) is 25.9 Å². The van der Waals surface area contributed by atoms with E-state index in [-0.39, 0.29) is 10.6 Å². The standard InChI is InChI=1S/C13H21ClN4O2/c1-3-17(10-4-5-15-8-10)11-9-16-18(6-7-20-2)13(19)12(11)14/h9-10,15H,3-8H2,1-2H3. The van der Waals surface area contributed by atoms with Gasteiger partial charge in [0.1, 0.15) is 5.02 Å². The number of anilines is 1. The van der Waals surface area contributed by atoms with Gasteiger partial charge in [-0.15, -0.1) is 0 Å². The van der Waals surface area contributed by atoms with Gasteiger partial charge in [-0.1, -0.05) is 11.6 Å². The van der Waals surface area contributed by atoms with E-state index in [1.54, 1.807) is 13.3 Å². The second kappa shape index (κ2) is 7.06. The lowest BCUT2D eigenvalue weighted by Crippen LogP contribution is -2.38. The van der Waals surface area contributed by atoms with E-state index in [0.29, 0.717) is 19.2 Å². The van der Waals surface area contributed by atoms with Crippen LogP contribution in [0.15, 0.2) is 11.0 Å². The monoisotopic (exact) mass is 300 g/mol. The molecule has 0 amide bonds. The van der Waals surface area contributed by atoms with Crippen LogP contribution in [0.4, 0.5) is 5.69 Å². The van der Waals surface area contributed by atoms with E-state index < -0.39 is 0 Å². The van der Waals surface area contributed by atoms with Gasteiger partial charge in [-0.2, -0.15) is 5.10 Å². The zero-order valence-corrected chi connectivity index (χ0v) is 12.7. The van der Waals surface area contributed by atoms with Crippen molar-refractivity contribution >= 4 is 17.3 Å². The van der Waals surface area contributed by atoms with Crippen LogP contribution in [-0.4, -0.2) is 49.2 Å². The molecule has 1 unspecified atom stereocenters. The first kappa shape index (κ1) is 15.3. The van der Waals surface area contributed by atoms with E-state index in [2.05, 4.69) is 22.2 Å². The molecule has 2 rings (SSSR count). The van der Waals surface area contributed by atoms with Gasteiger partial charge in [-0.25, -0.2) is 4.68 Å². The normalized spacial score (nSPS) is 18.4. The van der Waals surface area contributed by atoms with E-state index in [1.165, 1.54) is 4.68 Å². The van der Waals surface area contributed by atoms with Gasteiger partial charge >= 0.3 is 0 Å². The minimum Gasteiger partial charge on any atom is -0.383 e. The third-order valence-corrected chi connectivity index (χ3v) is 3.95. The minimum atomic E-state index is -0.259. The lowest BCUT2D eigenvalue weighted by Gasteiger charge is -2.29. The van der Waals surface area contributed by atoms with Crippen LogP contribution in [0.25, 0.3) is 0 Å². The van der Waals surface area contributed by atoms with Gasteiger partial charge in [0.2, 0.25) is 0 Å². The Hall–Kier alpha value is -1.11. The molecule has 112 valence electrons. The highest BCUT2D eigenvalue weighted by atomic mass is 35.5. The maximum Gasteiger partial charge on any atom is 0.287 e. The number of rotatable bonds is 6. The highest BCUT2D eigenvalue weighted by Gasteiger charge is 2.24. The van der Waals surface area contributed by atoms with Crippen molar-refractivity contribution in [3.63, 3.8) is 0 Å². The molecule has 0 aliphatic carbocycles. The van der Waals surface area contributed by atoms with Gasteiger partial charge in [0, 0.05) is 26.2 Å². The summed E-state index contributed by atoms with van der Waals surface area (Å²) in [5.74, 6) is 0. The first-order valence-corrected chi connectivity index (χ1v) is 7.28. The van der Waals surface area contributed by atoms with E-state index in [0.717, 1.165) is 31.7 Å². The van der Waals surface area contributed by atoms with Gasteiger partial charge in [0.25, 0.3) is 5.56 Å². The Morgan fingerprint density at radius 1 is 1.65 bits per heavy atom. The molecule has 0 radical (unpaired) electrons. The number of methoxy groups -OCH3 is 1. The second-order valence-electron chi connectivity index (χ2n) is 4.80. The van der Waals surface area contributed by atoms with E-state index in [4.69, 9.17) is 16.3 Å². The van der Waals surface area contributed by atoms with Crippen molar-refractivity contribution in [2.75, 3.05) is 38.3 Å². The Morgan fingerprint density at radius 3 is 3.05 bits per heavy atom. The molecule has 1 aliphatic rings. The molecule has 1 aliphatic heterocycles. The summed E-state index contributed by atoms with van der Waals surface area (Å²) in [4.78, 5) is 14.4. The summed E-state index contributed by atoms with van der Waals surface area (Å²) in [6, 6.07) is 0.369. The predicted octanol–water partition coefficient (Wildman–Crippen LogP) is 0.731. The Balaban J connectivity index is 2.27. The number of likely N-dealkylation sites (N-methyl/N-ethyl adjacent to an activating group) is 1. The molecule has 1 aromatic heterocycles. The fraction of sp³-hybridized carbons (Fsp3) is 0.692. The lowest BCUT2D eigenvalue weighted by molar-refractivity contribution is 0.182. The van der Waals surface area contributed by atoms with Crippen molar-refractivity contribution in [3.8, 4) is 0 Å². The quantitative estimate of drug-likeness (QED) is 0.839. The van der Waals surface area contributed by atoms with Gasteiger partial charge in [-0.05, 0) is 19.9 Å². The summed E-state index contributed by atoms with van der Waals surface area (Å²) in [7, 11) is 1.59. The third kappa shape index (κ3) is 3.13. The largest absolute Gasteiger partial charge is 0.383 e. The molecule has 7 heteroatoms. The van der Waals surface area contributed by atoms with Crippen LogP contribution in [0, 0.1) is 0 Å². The summed E-state index contributed by atoms with van der Waals surface area (Å²) < 4.78 is 6.30. The van der Waals surface area contributed by atoms with Crippen LogP contribution in [0.2, 0.25) is 5.02 Å². The van der Waals surface area contributed by atoms with Gasteiger partial charge in [-0.3, -0.25) is 4.79 Å². The van der Waals surface area contributed by atoms with Crippen molar-refractivity contribution in [1.82, 2.24) is 15.1 Å². The molecule has 0 spiro atoms. The summed E-state index contributed by atoms with van der Waals surface area (Å²) in [5, 5.41) is 7.76. The zero-order valence-electron chi connectivity index (χ0n) is 11.9. The van der Waals surface area contributed by atoms with Gasteiger partial charge in [0.05, 0.1) is 25.0 Å². The van der Waals surface area contributed by atoms with Crippen LogP contribution in [0.5, 0.6) is 0 Å². The first-order chi connectivity index (χ1) is 9.69. The van der Waals surface area contributed by atoms with E-state index in [1.807, 2.05) is 0 Å². The predicted molar refractivity (Wildman–Crippen MR) is 79.7 cm³/mol. The van der Waals surface area contributed by atoms with Crippen molar-refractivity contribution in [1.29, 1.82) is 0 Å². The molecule has 1 atom stereocenters. The number of halogens is 1. The number of nitrogens with one attached hydrogen (secondary N) is 1. The van der Waals surface area contributed by atoms with E-state index >= 15 is 0 Å². The van der Waals surface area contributed by atoms with Crippen LogP contribution < -0.4 is 15.8 Å². The smallest absolute Gasteiger partial charge is 0.287 e. The van der Waals surface area contributed by atoms with Crippen molar-refractivity contribution in [2.24, 2.45) is 0 Å². The molecule has 6 nitrogen and oxygen atoms in total. The average Bonchev–Trinajstić information content (AvgIpc) is 2.97. The van der Waals surface area contributed by atoms with Gasteiger partial charge in [0.15, 0.2) is 0 Å². The maximum atomic E-state index is 12.2. The SMILES string of the molecule is CCN(c1cnn(CCOC)c(=O)c1Cl)C1CCNC1. The zero-order chi connectivity index (χ0) is 14.5. The molecular weight excluding hydrogens is 280 g/mol. The maximum absolute atomic E-state index is 12.2. The summed E-state index contributed by atoms with van der Waals surface area (Å²) in [6.07, 6.45) is 2.73. The number of nitrogens with zero attached hydrogens (tertiary/aromatic N) is 3. The molecule has 2 heterocycles. The van der Waals surface area contributed by atoms with Crippen LogP contribution in [0.1, 0.15) is 13.3 Å². The Kier molecular flexibility index (Phi) is 5.39. The highest BCUT2D eigenvalue weighted by molar-refractivity contribution is 6.33. The number of hydrogen-bond acceptors (Lipinski definition) is 5. The van der Waals surface area contributed by atoms with Gasteiger partial charge < -0.3 is 15.0 Å². The summed E-state index contributed by atoms with van der Waals surface area (Å²) in [6.45, 7) is 5.62.